The Labute approximate surface area is 202 Å². The lowest BCUT2D eigenvalue weighted by Gasteiger charge is -2.12. The van der Waals surface area contributed by atoms with Gasteiger partial charge in [0.1, 0.15) is 5.75 Å². The van der Waals surface area contributed by atoms with Gasteiger partial charge in [-0.2, -0.15) is 0 Å². The summed E-state index contributed by atoms with van der Waals surface area (Å²) in [6.07, 6.45) is 1.59. The predicted octanol–water partition coefficient (Wildman–Crippen LogP) is 5.70. The van der Waals surface area contributed by atoms with E-state index in [1.807, 2.05) is 0 Å². The van der Waals surface area contributed by atoms with E-state index in [-0.39, 0.29) is 33.7 Å². The van der Waals surface area contributed by atoms with Gasteiger partial charge in [-0.1, -0.05) is 35.9 Å². The number of nitro benzene ring substituents is 1. The van der Waals surface area contributed by atoms with Crippen LogP contribution in [0.15, 0.2) is 77.7 Å². The third-order valence-electron chi connectivity index (χ3n) is 4.81. The van der Waals surface area contributed by atoms with Crippen LogP contribution in [0.3, 0.4) is 0 Å². The number of carbonyl (C=O) groups excluding carboxylic acids is 3. The van der Waals surface area contributed by atoms with Crippen molar-refractivity contribution in [1.29, 1.82) is 0 Å². The average Bonchev–Trinajstić information content (AvgIpc) is 3.07. The van der Waals surface area contributed by atoms with Crippen LogP contribution in [0.2, 0.25) is 5.02 Å². The molecule has 1 fully saturated rings. The Morgan fingerprint density at radius 2 is 1.76 bits per heavy atom. The smallest absolute Gasteiger partial charge is 0.343 e. The zero-order valence-electron chi connectivity index (χ0n) is 17.3. The van der Waals surface area contributed by atoms with Crippen molar-refractivity contribution in [2.75, 3.05) is 0 Å². The molecule has 0 aliphatic carbocycles. The number of rotatable bonds is 6. The first-order chi connectivity index (χ1) is 16.3. The number of hydrogen-bond donors (Lipinski definition) is 0. The van der Waals surface area contributed by atoms with E-state index >= 15 is 0 Å². The summed E-state index contributed by atoms with van der Waals surface area (Å²) >= 11 is 6.82. The van der Waals surface area contributed by atoms with E-state index in [1.54, 1.807) is 54.6 Å². The first-order valence-corrected chi connectivity index (χ1v) is 11.1. The third-order valence-corrected chi connectivity index (χ3v) is 5.95. The molecule has 170 valence electrons. The number of amides is 2. The van der Waals surface area contributed by atoms with E-state index < -0.39 is 16.8 Å². The average molecular weight is 495 g/mol. The van der Waals surface area contributed by atoms with Crippen molar-refractivity contribution < 1.29 is 24.0 Å². The van der Waals surface area contributed by atoms with Crippen LogP contribution in [0, 0.1) is 10.1 Å². The molecule has 2 amide bonds. The molecule has 0 radical (unpaired) electrons. The molecule has 4 rings (SSSR count). The van der Waals surface area contributed by atoms with Crippen molar-refractivity contribution in [3.8, 4) is 5.75 Å². The zero-order valence-corrected chi connectivity index (χ0v) is 18.9. The maximum Gasteiger partial charge on any atom is 0.343 e. The fourth-order valence-corrected chi connectivity index (χ4v) is 4.17. The summed E-state index contributed by atoms with van der Waals surface area (Å²) in [5.41, 5.74) is 1.43. The highest BCUT2D eigenvalue weighted by Crippen LogP contribution is 2.33. The molecule has 1 aliphatic heterocycles. The summed E-state index contributed by atoms with van der Waals surface area (Å²) in [7, 11) is 0. The molecule has 0 N–H and O–H groups in total. The maximum absolute atomic E-state index is 12.7. The molecule has 0 aromatic heterocycles. The number of nitrogens with zero attached hydrogens (tertiary/aromatic N) is 2. The first kappa shape index (κ1) is 23.2. The molecule has 34 heavy (non-hydrogen) atoms. The van der Waals surface area contributed by atoms with Gasteiger partial charge in [0.2, 0.25) is 0 Å². The van der Waals surface area contributed by atoms with Crippen LogP contribution in [0.4, 0.5) is 10.5 Å². The molecule has 3 aromatic rings. The molecule has 0 saturated carbocycles. The van der Waals surface area contributed by atoms with Gasteiger partial charge < -0.3 is 4.74 Å². The fraction of sp³-hybridized carbons (Fsp3) is 0.0417. The lowest BCUT2D eigenvalue weighted by atomic mass is 10.2. The van der Waals surface area contributed by atoms with Crippen molar-refractivity contribution in [2.24, 2.45) is 0 Å². The number of carbonyl (C=O) groups is 3. The fourth-order valence-electron chi connectivity index (χ4n) is 3.12. The number of thioether (sulfide) groups is 1. The maximum atomic E-state index is 12.7. The highest BCUT2D eigenvalue weighted by molar-refractivity contribution is 8.18. The van der Waals surface area contributed by atoms with Gasteiger partial charge >= 0.3 is 5.97 Å². The number of hydrogen-bond acceptors (Lipinski definition) is 7. The number of benzene rings is 3. The van der Waals surface area contributed by atoms with Gasteiger partial charge in [0.15, 0.2) is 0 Å². The van der Waals surface area contributed by atoms with Crippen LogP contribution in [0.25, 0.3) is 6.08 Å². The predicted molar refractivity (Wildman–Crippen MR) is 127 cm³/mol. The first-order valence-electron chi connectivity index (χ1n) is 9.87. The lowest BCUT2D eigenvalue weighted by molar-refractivity contribution is -0.384. The van der Waals surface area contributed by atoms with Crippen molar-refractivity contribution in [3.05, 3.63) is 110 Å². The second-order valence-electron chi connectivity index (χ2n) is 7.16. The normalized spacial score (nSPS) is 14.5. The Bertz CT molecular complexity index is 1320. The van der Waals surface area contributed by atoms with Crippen molar-refractivity contribution >= 4 is 52.2 Å². The minimum absolute atomic E-state index is 0.125. The van der Waals surface area contributed by atoms with Crippen molar-refractivity contribution in [2.45, 2.75) is 6.54 Å². The van der Waals surface area contributed by atoms with Gasteiger partial charge in [-0.15, -0.1) is 0 Å². The molecule has 10 heteroatoms. The second-order valence-corrected chi connectivity index (χ2v) is 8.59. The van der Waals surface area contributed by atoms with E-state index in [0.717, 1.165) is 22.2 Å². The molecule has 0 atom stereocenters. The summed E-state index contributed by atoms with van der Waals surface area (Å²) in [5.74, 6) is -0.803. The van der Waals surface area contributed by atoms with Gasteiger partial charge in [0, 0.05) is 17.2 Å². The van der Waals surface area contributed by atoms with Crippen LogP contribution >= 0.6 is 23.4 Å². The van der Waals surface area contributed by atoms with Crippen LogP contribution in [-0.4, -0.2) is 26.9 Å². The largest absolute Gasteiger partial charge is 0.423 e. The monoisotopic (exact) mass is 494 g/mol. The number of halogens is 1. The number of ether oxygens (including phenoxy) is 1. The quantitative estimate of drug-likeness (QED) is 0.142. The molecule has 0 unspecified atom stereocenters. The molecule has 0 bridgehead atoms. The standard InChI is InChI=1S/C24H15ClN2O6S/c25-18-3-1-2-16(12-18)14-26-22(28)21(34-24(26)30)13-15-4-10-20(11-5-15)33-23(29)17-6-8-19(9-7-17)27(31)32/h1-13H,14H2/b21-13-. The Kier molecular flexibility index (Phi) is 6.76. The van der Waals surface area contributed by atoms with Crippen LogP contribution < -0.4 is 4.74 Å². The van der Waals surface area contributed by atoms with Gasteiger partial charge in [-0.05, 0) is 65.4 Å². The van der Waals surface area contributed by atoms with Gasteiger partial charge in [0.25, 0.3) is 16.8 Å². The zero-order chi connectivity index (χ0) is 24.2. The van der Waals surface area contributed by atoms with Crippen molar-refractivity contribution in [1.82, 2.24) is 4.90 Å². The summed E-state index contributed by atoms with van der Waals surface area (Å²) in [5, 5.41) is 10.9. The number of nitro groups is 1. The Morgan fingerprint density at radius 3 is 2.41 bits per heavy atom. The topological polar surface area (TPSA) is 107 Å². The highest BCUT2D eigenvalue weighted by atomic mass is 35.5. The third kappa shape index (κ3) is 5.33. The molecule has 1 heterocycles. The Hall–Kier alpha value is -3.95. The molecular weight excluding hydrogens is 480 g/mol. The Morgan fingerprint density at radius 1 is 1.06 bits per heavy atom. The summed E-state index contributed by atoms with van der Waals surface area (Å²) in [4.78, 5) is 48.9. The number of esters is 1. The van der Waals surface area contributed by atoms with Gasteiger partial charge in [-0.25, -0.2) is 4.79 Å². The Balaban J connectivity index is 1.42. The summed E-state index contributed by atoms with van der Waals surface area (Å²) in [6.45, 7) is 0.125. The molecule has 0 spiro atoms. The van der Waals surface area contributed by atoms with E-state index in [0.29, 0.717) is 10.6 Å². The minimum atomic E-state index is -0.662. The SMILES string of the molecule is O=C(Oc1ccc(/C=C2\SC(=O)N(Cc3cccc(Cl)c3)C2=O)cc1)c1ccc([N+](=O)[O-])cc1. The van der Waals surface area contributed by atoms with Crippen molar-refractivity contribution in [3.63, 3.8) is 0 Å². The van der Waals surface area contributed by atoms with Crippen LogP contribution in [-0.2, 0) is 11.3 Å². The van der Waals surface area contributed by atoms with Gasteiger partial charge in [-0.3, -0.25) is 24.6 Å². The van der Waals surface area contributed by atoms with E-state index in [1.165, 1.54) is 24.3 Å². The lowest BCUT2D eigenvalue weighted by Crippen LogP contribution is -2.27. The minimum Gasteiger partial charge on any atom is -0.423 e. The molecule has 1 saturated heterocycles. The number of imide groups is 1. The van der Waals surface area contributed by atoms with Crippen LogP contribution in [0.5, 0.6) is 5.75 Å². The van der Waals surface area contributed by atoms with Gasteiger partial charge in [0.05, 0.1) is 21.9 Å². The van der Waals surface area contributed by atoms with Crippen LogP contribution in [0.1, 0.15) is 21.5 Å². The summed E-state index contributed by atoms with van der Waals surface area (Å²) < 4.78 is 5.28. The second kappa shape index (κ2) is 9.90. The molecule has 8 nitrogen and oxygen atoms in total. The van der Waals surface area contributed by atoms with E-state index in [4.69, 9.17) is 16.3 Å². The van der Waals surface area contributed by atoms with E-state index in [9.17, 15) is 24.5 Å². The van der Waals surface area contributed by atoms with E-state index in [2.05, 4.69) is 0 Å². The molecular formula is C24H15ClN2O6S. The number of non-ortho nitro benzene ring substituents is 1. The molecule has 3 aromatic carbocycles. The highest BCUT2D eigenvalue weighted by Gasteiger charge is 2.35. The molecule has 1 aliphatic rings. The summed E-state index contributed by atoms with van der Waals surface area (Å²) in [6, 6.07) is 18.4.